The summed E-state index contributed by atoms with van der Waals surface area (Å²) in [7, 11) is 1.93. The van der Waals surface area contributed by atoms with Gasteiger partial charge < -0.3 is 4.74 Å². The van der Waals surface area contributed by atoms with Gasteiger partial charge in [0.2, 0.25) is 0 Å². The van der Waals surface area contributed by atoms with Crippen LogP contribution in [0.1, 0.15) is 17.1 Å². The monoisotopic (exact) mass is 301 g/mol. The quantitative estimate of drug-likeness (QED) is 0.691. The number of para-hydroxylation sites is 1. The van der Waals surface area contributed by atoms with Crippen LogP contribution in [0.4, 0.5) is 0 Å². The molecule has 0 radical (unpaired) electrons. The van der Waals surface area contributed by atoms with Crippen molar-refractivity contribution in [2.24, 2.45) is 7.05 Å². The van der Waals surface area contributed by atoms with Crippen molar-refractivity contribution in [2.75, 3.05) is 0 Å². The second-order valence-electron chi connectivity index (χ2n) is 4.91. The Bertz CT molecular complexity index is 782. The Labute approximate surface area is 128 Å². The van der Waals surface area contributed by atoms with Gasteiger partial charge in [0.05, 0.1) is 17.1 Å². The molecule has 108 valence electrons. The summed E-state index contributed by atoms with van der Waals surface area (Å²) in [5.74, 6) is 1.05. The molecule has 0 spiro atoms. The fraction of sp³-hybridized carbons (Fsp3) is 0.250. The number of rotatable bonds is 4. The maximum absolute atomic E-state index is 5.92. The summed E-state index contributed by atoms with van der Waals surface area (Å²) in [6, 6.07) is 11.9. The van der Waals surface area contributed by atoms with Crippen LogP contribution < -0.4 is 4.74 Å². The van der Waals surface area contributed by atoms with Crippen molar-refractivity contribution in [3.8, 4) is 5.75 Å². The number of alkyl halides is 1. The van der Waals surface area contributed by atoms with Crippen LogP contribution in [0.5, 0.6) is 5.75 Å². The highest BCUT2D eigenvalue weighted by Gasteiger charge is 2.10. The van der Waals surface area contributed by atoms with Crippen LogP contribution in [-0.4, -0.2) is 14.8 Å². The lowest BCUT2D eigenvalue weighted by Gasteiger charge is -2.09. The molecule has 0 amide bonds. The third-order valence-electron chi connectivity index (χ3n) is 3.40. The van der Waals surface area contributed by atoms with E-state index in [4.69, 9.17) is 16.3 Å². The fourth-order valence-corrected chi connectivity index (χ4v) is 2.56. The van der Waals surface area contributed by atoms with E-state index in [2.05, 4.69) is 16.1 Å². The summed E-state index contributed by atoms with van der Waals surface area (Å²) in [4.78, 5) is 4.39. The van der Waals surface area contributed by atoms with Crippen molar-refractivity contribution in [3.05, 3.63) is 53.5 Å². The molecule has 5 heteroatoms. The minimum atomic E-state index is 0.333. The van der Waals surface area contributed by atoms with Gasteiger partial charge in [0.1, 0.15) is 18.1 Å². The van der Waals surface area contributed by atoms with E-state index in [1.54, 1.807) is 0 Å². The van der Waals surface area contributed by atoms with E-state index >= 15 is 0 Å². The first-order valence-electron chi connectivity index (χ1n) is 6.75. The topological polar surface area (TPSA) is 39.9 Å². The Hall–Kier alpha value is -2.07. The Morgan fingerprint density at radius 3 is 2.76 bits per heavy atom. The summed E-state index contributed by atoms with van der Waals surface area (Å²) in [6.45, 7) is 2.34. The molecule has 1 aromatic carbocycles. The number of halogens is 1. The molecule has 0 unspecified atom stereocenters. The third-order valence-corrected chi connectivity index (χ3v) is 3.65. The molecule has 2 heterocycles. The first-order chi connectivity index (χ1) is 10.2. The molecule has 0 aliphatic heterocycles. The van der Waals surface area contributed by atoms with Crippen LogP contribution in [-0.2, 0) is 19.5 Å². The number of ether oxygens (including phenoxy) is 1. The predicted molar refractivity (Wildman–Crippen MR) is 83.6 cm³/mol. The Morgan fingerprint density at radius 1 is 1.14 bits per heavy atom. The Morgan fingerprint density at radius 2 is 1.95 bits per heavy atom. The highest BCUT2D eigenvalue weighted by molar-refractivity contribution is 6.17. The van der Waals surface area contributed by atoms with E-state index in [0.29, 0.717) is 18.2 Å². The zero-order chi connectivity index (χ0) is 14.8. The minimum absolute atomic E-state index is 0.333. The summed E-state index contributed by atoms with van der Waals surface area (Å²) < 4.78 is 7.73. The smallest absolute Gasteiger partial charge is 0.142 e. The number of hydrogen-bond acceptors (Lipinski definition) is 3. The predicted octanol–water partition coefficient (Wildman–Crippen LogP) is 3.59. The van der Waals surface area contributed by atoms with Gasteiger partial charge in [-0.1, -0.05) is 18.2 Å². The van der Waals surface area contributed by atoms with Gasteiger partial charge in [-0.05, 0) is 25.1 Å². The van der Waals surface area contributed by atoms with E-state index in [9.17, 15) is 0 Å². The summed E-state index contributed by atoms with van der Waals surface area (Å²) in [6.07, 6.45) is 0. The second kappa shape index (κ2) is 5.74. The standard InChI is InChI=1S/C16H16ClN3O/c1-11-7-8-16(13(9-17)18-11)21-10-14-12-5-3-4-6-15(12)20(2)19-14/h3-8H,9-10H2,1-2H3. The van der Waals surface area contributed by atoms with Crippen LogP contribution in [0.3, 0.4) is 0 Å². The summed E-state index contributed by atoms with van der Waals surface area (Å²) in [5, 5.41) is 5.62. The molecule has 4 nitrogen and oxygen atoms in total. The Balaban J connectivity index is 1.87. The number of benzene rings is 1. The maximum Gasteiger partial charge on any atom is 0.142 e. The van der Waals surface area contributed by atoms with Crippen LogP contribution in [0.15, 0.2) is 36.4 Å². The lowest BCUT2D eigenvalue weighted by molar-refractivity contribution is 0.297. The van der Waals surface area contributed by atoms with Crippen molar-refractivity contribution in [1.29, 1.82) is 0 Å². The molecule has 3 aromatic rings. The van der Waals surface area contributed by atoms with Gasteiger partial charge in [-0.2, -0.15) is 5.10 Å². The summed E-state index contributed by atoms with van der Waals surface area (Å²) >= 11 is 5.92. The summed E-state index contributed by atoms with van der Waals surface area (Å²) in [5.41, 5.74) is 3.70. The molecule has 0 aliphatic carbocycles. The van der Waals surface area contributed by atoms with Crippen molar-refractivity contribution < 1.29 is 4.74 Å². The molecule has 0 atom stereocenters. The highest BCUT2D eigenvalue weighted by atomic mass is 35.5. The number of aromatic nitrogens is 3. The zero-order valence-electron chi connectivity index (χ0n) is 12.0. The zero-order valence-corrected chi connectivity index (χ0v) is 12.8. The highest BCUT2D eigenvalue weighted by Crippen LogP contribution is 2.22. The van der Waals surface area contributed by atoms with Crippen molar-refractivity contribution in [3.63, 3.8) is 0 Å². The van der Waals surface area contributed by atoms with E-state index in [1.165, 1.54) is 0 Å². The fourth-order valence-electron chi connectivity index (χ4n) is 2.37. The number of aryl methyl sites for hydroxylation is 2. The third kappa shape index (κ3) is 2.72. The average molecular weight is 302 g/mol. The van der Waals surface area contributed by atoms with Gasteiger partial charge in [-0.3, -0.25) is 9.67 Å². The number of fused-ring (bicyclic) bond motifs is 1. The second-order valence-corrected chi connectivity index (χ2v) is 5.17. The molecule has 0 saturated carbocycles. The first kappa shape index (κ1) is 13.9. The molecule has 0 fully saturated rings. The normalized spacial score (nSPS) is 11.0. The van der Waals surface area contributed by atoms with Gasteiger partial charge in [-0.25, -0.2) is 0 Å². The molecule has 0 aliphatic rings. The number of nitrogens with zero attached hydrogens (tertiary/aromatic N) is 3. The van der Waals surface area contributed by atoms with Gasteiger partial charge in [0.15, 0.2) is 0 Å². The van der Waals surface area contributed by atoms with Gasteiger partial charge in [0.25, 0.3) is 0 Å². The molecular weight excluding hydrogens is 286 g/mol. The van der Waals surface area contributed by atoms with E-state index in [1.807, 2.05) is 49.0 Å². The largest absolute Gasteiger partial charge is 0.485 e. The van der Waals surface area contributed by atoms with Crippen molar-refractivity contribution in [2.45, 2.75) is 19.4 Å². The van der Waals surface area contributed by atoms with Crippen molar-refractivity contribution in [1.82, 2.24) is 14.8 Å². The van der Waals surface area contributed by atoms with Gasteiger partial charge >= 0.3 is 0 Å². The lowest BCUT2D eigenvalue weighted by atomic mass is 10.2. The van der Waals surface area contributed by atoms with Crippen molar-refractivity contribution >= 4 is 22.5 Å². The minimum Gasteiger partial charge on any atom is -0.485 e. The SMILES string of the molecule is Cc1ccc(OCc2nn(C)c3ccccc23)c(CCl)n1. The van der Waals surface area contributed by atoms with Gasteiger partial charge in [-0.15, -0.1) is 11.6 Å². The first-order valence-corrected chi connectivity index (χ1v) is 7.28. The van der Waals surface area contributed by atoms with Crippen LogP contribution in [0.2, 0.25) is 0 Å². The molecule has 21 heavy (non-hydrogen) atoms. The van der Waals surface area contributed by atoms with Crippen LogP contribution in [0.25, 0.3) is 10.9 Å². The van der Waals surface area contributed by atoms with Crippen LogP contribution in [0, 0.1) is 6.92 Å². The van der Waals surface area contributed by atoms with E-state index < -0.39 is 0 Å². The molecule has 0 bridgehead atoms. The molecule has 3 rings (SSSR count). The molecule has 2 aromatic heterocycles. The van der Waals surface area contributed by atoms with E-state index in [-0.39, 0.29) is 0 Å². The maximum atomic E-state index is 5.92. The lowest BCUT2D eigenvalue weighted by Crippen LogP contribution is -2.02. The number of pyridine rings is 1. The van der Waals surface area contributed by atoms with E-state index in [0.717, 1.165) is 28.0 Å². The molecular formula is C16H16ClN3O. The van der Waals surface area contributed by atoms with Gasteiger partial charge in [0, 0.05) is 18.1 Å². The molecule has 0 saturated heterocycles. The molecule has 0 N–H and O–H groups in total. The Kier molecular flexibility index (Phi) is 3.80. The average Bonchev–Trinajstić information content (AvgIpc) is 2.83. The number of hydrogen-bond donors (Lipinski definition) is 0. The van der Waals surface area contributed by atoms with Crippen LogP contribution >= 0.6 is 11.6 Å².